The topological polar surface area (TPSA) is 53.8 Å². The molecule has 0 radical (unpaired) electrons. The zero-order valence-corrected chi connectivity index (χ0v) is 11.7. The Bertz CT molecular complexity index is 532. The summed E-state index contributed by atoms with van der Waals surface area (Å²) in [6.07, 6.45) is 7.69. The van der Waals surface area contributed by atoms with E-state index in [0.717, 1.165) is 38.3 Å². The molecule has 1 unspecified atom stereocenters. The number of aromatic nitrogens is 1. The second-order valence-electron chi connectivity index (χ2n) is 5.79. The van der Waals surface area contributed by atoms with Crippen molar-refractivity contribution < 1.29 is 9.18 Å². The van der Waals surface area contributed by atoms with Crippen LogP contribution < -0.4 is 0 Å². The zero-order chi connectivity index (χ0) is 14.6. The minimum Gasteiger partial charge on any atom is -0.298 e. The second kappa shape index (κ2) is 6.13. The van der Waals surface area contributed by atoms with Gasteiger partial charge in [-0.25, -0.2) is 4.39 Å². The molecule has 1 aromatic heterocycles. The second-order valence-corrected chi connectivity index (χ2v) is 5.79. The number of carbonyl (C=O) groups excluding carboxylic acids is 1. The van der Waals surface area contributed by atoms with Crippen molar-refractivity contribution in [2.45, 2.75) is 45.4 Å². The average Bonchev–Trinajstić information content (AvgIpc) is 2.49. The van der Waals surface area contributed by atoms with Crippen molar-refractivity contribution in [3.8, 4) is 6.07 Å². The Morgan fingerprint density at radius 2 is 2.20 bits per heavy atom. The molecular weight excluding hydrogens is 255 g/mol. The molecule has 1 fully saturated rings. The molecule has 0 aromatic carbocycles. The van der Waals surface area contributed by atoms with Crippen molar-refractivity contribution in [2.24, 2.45) is 11.3 Å². The Kier molecular flexibility index (Phi) is 4.49. The van der Waals surface area contributed by atoms with Crippen LogP contribution in [0.4, 0.5) is 4.39 Å². The lowest BCUT2D eigenvalue weighted by molar-refractivity contribution is -0.130. The highest BCUT2D eigenvalue weighted by molar-refractivity contribution is 5.89. The molecular formula is C16H19FN2O. The number of nitrogens with zero attached hydrogens (tertiary/aromatic N) is 2. The van der Waals surface area contributed by atoms with E-state index in [-0.39, 0.29) is 18.1 Å². The van der Waals surface area contributed by atoms with Gasteiger partial charge in [0.2, 0.25) is 0 Å². The lowest BCUT2D eigenvalue weighted by atomic mass is 9.72. The molecule has 0 saturated heterocycles. The van der Waals surface area contributed by atoms with Gasteiger partial charge in [0, 0.05) is 18.5 Å². The molecule has 106 valence electrons. The first-order valence-electron chi connectivity index (χ1n) is 7.11. The molecule has 2 rings (SSSR count). The smallest absolute Gasteiger partial charge is 0.156 e. The number of pyridine rings is 1. The summed E-state index contributed by atoms with van der Waals surface area (Å²) in [4.78, 5) is 16.3. The fourth-order valence-corrected chi connectivity index (χ4v) is 2.93. The fourth-order valence-electron chi connectivity index (χ4n) is 2.93. The molecule has 0 aliphatic heterocycles. The standard InChI is InChI=1S/C16H19FN2O/c1-16(11-18,9-13-7-8-19-10-14(13)17)15(20)12-5-3-2-4-6-12/h7-8,10,12H,2-6,9H2,1H3. The van der Waals surface area contributed by atoms with Gasteiger partial charge in [-0.3, -0.25) is 9.78 Å². The van der Waals surface area contributed by atoms with Gasteiger partial charge in [-0.15, -0.1) is 0 Å². The third-order valence-corrected chi connectivity index (χ3v) is 4.17. The van der Waals surface area contributed by atoms with Crippen LogP contribution in [0.15, 0.2) is 18.5 Å². The molecule has 1 aromatic rings. The van der Waals surface area contributed by atoms with Gasteiger partial charge in [-0.2, -0.15) is 5.26 Å². The molecule has 1 saturated carbocycles. The first kappa shape index (κ1) is 14.6. The Morgan fingerprint density at radius 3 is 2.80 bits per heavy atom. The third kappa shape index (κ3) is 3.04. The number of nitriles is 1. The minimum absolute atomic E-state index is 0.0316. The van der Waals surface area contributed by atoms with E-state index in [1.807, 2.05) is 0 Å². The number of hydrogen-bond acceptors (Lipinski definition) is 3. The van der Waals surface area contributed by atoms with Crippen LogP contribution in [0.1, 0.15) is 44.6 Å². The van der Waals surface area contributed by atoms with E-state index in [9.17, 15) is 14.4 Å². The molecule has 0 spiro atoms. The van der Waals surface area contributed by atoms with Crippen LogP contribution in [0.3, 0.4) is 0 Å². The molecule has 3 nitrogen and oxygen atoms in total. The molecule has 20 heavy (non-hydrogen) atoms. The van der Waals surface area contributed by atoms with Crippen molar-refractivity contribution in [3.63, 3.8) is 0 Å². The summed E-state index contributed by atoms with van der Waals surface area (Å²) < 4.78 is 13.7. The van der Waals surface area contributed by atoms with Crippen molar-refractivity contribution in [1.29, 1.82) is 5.26 Å². The number of hydrogen-bond donors (Lipinski definition) is 0. The lowest BCUT2D eigenvalue weighted by Crippen LogP contribution is -2.35. The Morgan fingerprint density at radius 1 is 1.50 bits per heavy atom. The summed E-state index contributed by atoms with van der Waals surface area (Å²) in [5.41, 5.74) is -0.766. The van der Waals surface area contributed by atoms with Gasteiger partial charge in [-0.05, 0) is 31.4 Å². The van der Waals surface area contributed by atoms with Crippen LogP contribution in [0.2, 0.25) is 0 Å². The maximum absolute atomic E-state index is 13.7. The summed E-state index contributed by atoms with van der Waals surface area (Å²) in [6, 6.07) is 3.66. The van der Waals surface area contributed by atoms with E-state index in [1.165, 1.54) is 6.20 Å². The molecule has 1 heterocycles. The van der Waals surface area contributed by atoms with E-state index in [2.05, 4.69) is 11.1 Å². The maximum Gasteiger partial charge on any atom is 0.156 e. The zero-order valence-electron chi connectivity index (χ0n) is 11.7. The van der Waals surface area contributed by atoms with Crippen LogP contribution >= 0.6 is 0 Å². The van der Waals surface area contributed by atoms with Crippen LogP contribution in [-0.4, -0.2) is 10.8 Å². The van der Waals surface area contributed by atoms with Crippen LogP contribution in [-0.2, 0) is 11.2 Å². The van der Waals surface area contributed by atoms with Gasteiger partial charge >= 0.3 is 0 Å². The van der Waals surface area contributed by atoms with Crippen LogP contribution in [0, 0.1) is 28.5 Å². The quantitative estimate of drug-likeness (QED) is 0.845. The van der Waals surface area contributed by atoms with E-state index in [1.54, 1.807) is 13.0 Å². The van der Waals surface area contributed by atoms with Gasteiger partial charge in [0.15, 0.2) is 5.78 Å². The van der Waals surface area contributed by atoms with Crippen molar-refractivity contribution in [2.75, 3.05) is 0 Å². The molecule has 1 atom stereocenters. The Balaban J connectivity index is 2.18. The highest BCUT2D eigenvalue weighted by Gasteiger charge is 2.39. The number of rotatable bonds is 4. The van der Waals surface area contributed by atoms with Crippen molar-refractivity contribution in [1.82, 2.24) is 4.98 Å². The number of halogens is 1. The summed E-state index contributed by atoms with van der Waals surface area (Å²) in [7, 11) is 0. The molecule has 1 aliphatic rings. The van der Waals surface area contributed by atoms with E-state index < -0.39 is 11.2 Å². The van der Waals surface area contributed by atoms with Gasteiger partial charge in [0.25, 0.3) is 0 Å². The van der Waals surface area contributed by atoms with Gasteiger partial charge < -0.3 is 0 Å². The molecule has 0 amide bonds. The normalized spacial score (nSPS) is 19.1. The summed E-state index contributed by atoms with van der Waals surface area (Å²) in [5.74, 6) is -0.528. The number of ketones is 1. The average molecular weight is 274 g/mol. The van der Waals surface area contributed by atoms with Crippen LogP contribution in [0.5, 0.6) is 0 Å². The minimum atomic E-state index is -1.15. The largest absolute Gasteiger partial charge is 0.298 e. The Hall–Kier alpha value is -1.76. The molecule has 0 N–H and O–H groups in total. The first-order valence-corrected chi connectivity index (χ1v) is 7.11. The van der Waals surface area contributed by atoms with E-state index in [0.29, 0.717) is 5.56 Å². The highest BCUT2D eigenvalue weighted by atomic mass is 19.1. The van der Waals surface area contributed by atoms with Crippen molar-refractivity contribution >= 4 is 5.78 Å². The van der Waals surface area contributed by atoms with Crippen molar-refractivity contribution in [3.05, 3.63) is 29.8 Å². The Labute approximate surface area is 118 Å². The van der Waals surface area contributed by atoms with Crippen LogP contribution in [0.25, 0.3) is 0 Å². The summed E-state index contributed by atoms with van der Waals surface area (Å²) in [5, 5.41) is 9.43. The first-order chi connectivity index (χ1) is 9.57. The third-order valence-electron chi connectivity index (χ3n) is 4.17. The number of carbonyl (C=O) groups is 1. The SMILES string of the molecule is CC(C#N)(Cc1ccncc1F)C(=O)C1CCCCC1. The van der Waals surface area contributed by atoms with E-state index >= 15 is 0 Å². The predicted molar refractivity (Wildman–Crippen MR) is 73.2 cm³/mol. The highest BCUT2D eigenvalue weighted by Crippen LogP contribution is 2.33. The number of Topliss-reactive ketones (excluding diaryl/α,β-unsaturated/α-hetero) is 1. The summed E-state index contributed by atoms with van der Waals surface area (Å²) >= 11 is 0. The summed E-state index contributed by atoms with van der Waals surface area (Å²) in [6.45, 7) is 1.63. The van der Waals surface area contributed by atoms with Gasteiger partial charge in [-0.1, -0.05) is 19.3 Å². The predicted octanol–water partition coefficient (Wildman–Crippen LogP) is 3.44. The maximum atomic E-state index is 13.7. The molecule has 0 bridgehead atoms. The molecule has 1 aliphatic carbocycles. The molecule has 4 heteroatoms. The van der Waals surface area contributed by atoms with Gasteiger partial charge in [0.05, 0.1) is 12.3 Å². The lowest BCUT2D eigenvalue weighted by Gasteiger charge is -2.28. The fraction of sp³-hybridized carbons (Fsp3) is 0.562. The van der Waals surface area contributed by atoms with Gasteiger partial charge in [0.1, 0.15) is 11.2 Å². The monoisotopic (exact) mass is 274 g/mol. The van der Waals surface area contributed by atoms with E-state index in [4.69, 9.17) is 0 Å².